The molecule has 3 aromatic heterocycles. The van der Waals surface area contributed by atoms with E-state index < -0.39 is 0 Å². The van der Waals surface area contributed by atoms with Gasteiger partial charge in [-0.05, 0) is 52.2 Å². The molecule has 0 unspecified atom stereocenters. The average molecular weight is 741 g/mol. The highest BCUT2D eigenvalue weighted by atomic mass is 16.3. The first-order valence-electron chi connectivity index (χ1n) is 19.5. The summed E-state index contributed by atoms with van der Waals surface area (Å²) in [5.41, 5.74) is 9.95. The predicted octanol–water partition coefficient (Wildman–Crippen LogP) is 13.8. The lowest BCUT2D eigenvalue weighted by atomic mass is 9.93. The van der Waals surface area contributed by atoms with E-state index in [4.69, 9.17) is 19.4 Å². The van der Waals surface area contributed by atoms with E-state index in [0.29, 0.717) is 17.5 Å². The van der Waals surface area contributed by atoms with Crippen molar-refractivity contribution in [1.82, 2.24) is 19.5 Å². The van der Waals surface area contributed by atoms with Gasteiger partial charge in [-0.25, -0.2) is 15.0 Å². The van der Waals surface area contributed by atoms with Crippen molar-refractivity contribution in [3.05, 3.63) is 194 Å². The Hall–Kier alpha value is -7.89. The summed E-state index contributed by atoms with van der Waals surface area (Å²) < 4.78 is 9.12. The molecule has 270 valence electrons. The summed E-state index contributed by atoms with van der Waals surface area (Å²) in [4.78, 5) is 15.4. The fourth-order valence-electron chi connectivity index (χ4n) is 8.83. The minimum Gasteiger partial charge on any atom is -0.456 e. The molecule has 0 aliphatic rings. The first kappa shape index (κ1) is 32.4. The minimum atomic E-state index is 0.587. The fraction of sp³-hybridized carbons (Fsp3) is 0. The highest BCUT2D eigenvalue weighted by Crippen LogP contribution is 2.44. The minimum absolute atomic E-state index is 0.587. The maximum atomic E-state index is 6.66. The molecule has 5 nitrogen and oxygen atoms in total. The topological polar surface area (TPSA) is 56.7 Å². The van der Waals surface area contributed by atoms with Gasteiger partial charge in [0, 0.05) is 49.0 Å². The van der Waals surface area contributed by atoms with Crippen LogP contribution in [0.15, 0.2) is 199 Å². The Morgan fingerprint density at radius 3 is 1.72 bits per heavy atom. The molecular formula is C53H32N4O. The first-order chi connectivity index (χ1) is 28.8. The third-order valence-corrected chi connectivity index (χ3v) is 11.4. The van der Waals surface area contributed by atoms with E-state index in [1.54, 1.807) is 0 Å². The maximum Gasteiger partial charge on any atom is 0.164 e. The molecule has 5 heteroatoms. The standard InChI is InChI=1S/C53H32N4O/c1-3-16-34(17-4-1)51-54-52(35-18-5-2-6-19-35)56-53(55-51)44-31-36(32-48-49(44)43-24-12-14-26-47(43)58-48)37-29-30-46(40-22-10-9-21-39(37)40)57-45-25-13-11-23-41(45)42-28-27-33-15-7-8-20-38(33)50(42)57/h1-32H. The number of rotatable bonds is 5. The van der Waals surface area contributed by atoms with Crippen LogP contribution in [-0.2, 0) is 0 Å². The Morgan fingerprint density at radius 2 is 0.966 bits per heavy atom. The summed E-state index contributed by atoms with van der Waals surface area (Å²) in [5, 5.41) is 9.20. The number of nitrogens with zero attached hydrogens (tertiary/aromatic N) is 4. The second kappa shape index (κ2) is 12.8. The molecule has 12 rings (SSSR count). The molecule has 0 aliphatic carbocycles. The van der Waals surface area contributed by atoms with Crippen molar-refractivity contribution in [2.45, 2.75) is 0 Å². The van der Waals surface area contributed by atoms with Crippen LogP contribution in [0, 0.1) is 0 Å². The number of benzene rings is 9. The number of aromatic nitrogens is 4. The Balaban J connectivity index is 1.13. The van der Waals surface area contributed by atoms with Gasteiger partial charge in [0.1, 0.15) is 11.2 Å². The van der Waals surface area contributed by atoms with Gasteiger partial charge in [0.25, 0.3) is 0 Å². The van der Waals surface area contributed by atoms with Crippen LogP contribution >= 0.6 is 0 Å². The third-order valence-electron chi connectivity index (χ3n) is 11.4. The molecule has 12 aromatic rings. The van der Waals surface area contributed by atoms with E-state index in [2.05, 4.69) is 126 Å². The van der Waals surface area contributed by atoms with Gasteiger partial charge in [-0.15, -0.1) is 0 Å². The molecule has 0 saturated carbocycles. The lowest BCUT2D eigenvalue weighted by molar-refractivity contribution is 0.669. The number of hydrogen-bond donors (Lipinski definition) is 0. The van der Waals surface area contributed by atoms with E-state index in [1.807, 2.05) is 72.8 Å². The third kappa shape index (κ3) is 5.00. The zero-order valence-corrected chi connectivity index (χ0v) is 31.2. The summed E-state index contributed by atoms with van der Waals surface area (Å²) in [7, 11) is 0. The Kier molecular flexibility index (Phi) is 7.16. The van der Waals surface area contributed by atoms with Crippen LogP contribution < -0.4 is 0 Å². The van der Waals surface area contributed by atoms with Gasteiger partial charge in [-0.2, -0.15) is 0 Å². The molecule has 0 radical (unpaired) electrons. The van der Waals surface area contributed by atoms with Gasteiger partial charge in [-0.3, -0.25) is 0 Å². The highest BCUT2D eigenvalue weighted by Gasteiger charge is 2.22. The molecule has 3 heterocycles. The van der Waals surface area contributed by atoms with Crippen LogP contribution in [0.5, 0.6) is 0 Å². The normalized spacial score (nSPS) is 11.8. The SMILES string of the molecule is c1ccc(-c2nc(-c3ccccc3)nc(-c3cc(-c4ccc(-n5c6ccccc6c6ccc7ccccc7c65)c5ccccc45)cc4oc5ccccc5c34)n2)cc1. The molecule has 58 heavy (non-hydrogen) atoms. The van der Waals surface area contributed by atoms with Crippen molar-refractivity contribution in [3.8, 4) is 51.0 Å². The van der Waals surface area contributed by atoms with E-state index >= 15 is 0 Å². The molecule has 0 spiro atoms. The van der Waals surface area contributed by atoms with Gasteiger partial charge < -0.3 is 8.98 Å². The van der Waals surface area contributed by atoms with Gasteiger partial charge in [-0.1, -0.05) is 164 Å². The molecule has 0 bridgehead atoms. The summed E-state index contributed by atoms with van der Waals surface area (Å²) >= 11 is 0. The van der Waals surface area contributed by atoms with Crippen molar-refractivity contribution in [2.75, 3.05) is 0 Å². The molecule has 9 aromatic carbocycles. The van der Waals surface area contributed by atoms with Crippen LogP contribution in [0.4, 0.5) is 0 Å². The fourth-order valence-corrected chi connectivity index (χ4v) is 8.83. The second-order valence-corrected chi connectivity index (χ2v) is 14.7. The van der Waals surface area contributed by atoms with Crippen molar-refractivity contribution in [3.63, 3.8) is 0 Å². The summed E-state index contributed by atoms with van der Waals surface area (Å²) in [6, 6.07) is 68.0. The number of hydrogen-bond acceptors (Lipinski definition) is 4. The summed E-state index contributed by atoms with van der Waals surface area (Å²) in [6.45, 7) is 0. The van der Waals surface area contributed by atoms with Gasteiger partial charge >= 0.3 is 0 Å². The maximum absolute atomic E-state index is 6.66. The van der Waals surface area contributed by atoms with Crippen LogP contribution in [0.3, 0.4) is 0 Å². The van der Waals surface area contributed by atoms with Crippen LogP contribution in [-0.4, -0.2) is 19.5 Å². The van der Waals surface area contributed by atoms with Gasteiger partial charge in [0.05, 0.1) is 16.7 Å². The number of furan rings is 1. The van der Waals surface area contributed by atoms with Crippen LogP contribution in [0.25, 0.3) is 116 Å². The lowest BCUT2D eigenvalue weighted by Crippen LogP contribution is -2.01. The van der Waals surface area contributed by atoms with Gasteiger partial charge in [0.2, 0.25) is 0 Å². The van der Waals surface area contributed by atoms with E-state index in [-0.39, 0.29) is 0 Å². The summed E-state index contributed by atoms with van der Waals surface area (Å²) in [6.07, 6.45) is 0. The quantitative estimate of drug-likeness (QED) is 0.176. The smallest absolute Gasteiger partial charge is 0.164 e. The lowest BCUT2D eigenvalue weighted by Gasteiger charge is -2.16. The van der Waals surface area contributed by atoms with E-state index in [9.17, 15) is 0 Å². The van der Waals surface area contributed by atoms with Crippen molar-refractivity contribution < 1.29 is 4.42 Å². The average Bonchev–Trinajstić information content (AvgIpc) is 3.85. The number of fused-ring (bicyclic) bond motifs is 9. The summed E-state index contributed by atoms with van der Waals surface area (Å²) in [5.74, 6) is 1.82. The molecule has 0 N–H and O–H groups in total. The number of para-hydroxylation sites is 2. The highest BCUT2D eigenvalue weighted by molar-refractivity contribution is 6.20. The molecule has 0 amide bonds. The molecule has 0 saturated heterocycles. The second-order valence-electron chi connectivity index (χ2n) is 14.7. The predicted molar refractivity (Wildman–Crippen MR) is 238 cm³/mol. The molecule has 0 aliphatic heterocycles. The monoisotopic (exact) mass is 740 g/mol. The zero-order valence-electron chi connectivity index (χ0n) is 31.2. The van der Waals surface area contributed by atoms with Crippen molar-refractivity contribution in [2.24, 2.45) is 0 Å². The Morgan fingerprint density at radius 1 is 0.362 bits per heavy atom. The first-order valence-corrected chi connectivity index (χ1v) is 19.5. The van der Waals surface area contributed by atoms with E-state index in [0.717, 1.165) is 66.2 Å². The Bertz CT molecular complexity index is 3510. The van der Waals surface area contributed by atoms with Gasteiger partial charge in [0.15, 0.2) is 17.5 Å². The van der Waals surface area contributed by atoms with Crippen LogP contribution in [0.1, 0.15) is 0 Å². The van der Waals surface area contributed by atoms with Crippen LogP contribution in [0.2, 0.25) is 0 Å². The van der Waals surface area contributed by atoms with E-state index in [1.165, 1.54) is 32.6 Å². The molecular weight excluding hydrogens is 709 g/mol. The van der Waals surface area contributed by atoms with Crippen molar-refractivity contribution in [1.29, 1.82) is 0 Å². The Labute approximate surface area is 333 Å². The molecule has 0 atom stereocenters. The molecule has 0 fully saturated rings. The van der Waals surface area contributed by atoms with Crippen molar-refractivity contribution >= 4 is 65.3 Å². The zero-order chi connectivity index (χ0) is 38.2. The largest absolute Gasteiger partial charge is 0.456 e.